The number of rotatable bonds is 4. The Labute approximate surface area is 142 Å². The molecule has 0 aliphatic carbocycles. The Balaban J connectivity index is 1.81. The average molecular weight is 353 g/mol. The highest BCUT2D eigenvalue weighted by atomic mass is 32.2. The molecule has 0 unspecified atom stereocenters. The van der Waals surface area contributed by atoms with E-state index in [1.807, 2.05) is 6.07 Å². The smallest absolute Gasteiger partial charge is 0.308 e. The van der Waals surface area contributed by atoms with Gasteiger partial charge in [0, 0.05) is 44.5 Å². The van der Waals surface area contributed by atoms with E-state index in [4.69, 9.17) is 0 Å². The van der Waals surface area contributed by atoms with Gasteiger partial charge in [-0.05, 0) is 30.4 Å². The third-order valence-electron chi connectivity index (χ3n) is 5.11. The summed E-state index contributed by atoms with van der Waals surface area (Å²) in [6.45, 7) is 3.35. The van der Waals surface area contributed by atoms with E-state index in [-0.39, 0.29) is 19.0 Å². The quantitative estimate of drug-likeness (QED) is 0.877. The summed E-state index contributed by atoms with van der Waals surface area (Å²) in [5.74, 6) is -1.54. The number of hydrogen-bond donors (Lipinski definition) is 1. The molecule has 24 heavy (non-hydrogen) atoms. The summed E-state index contributed by atoms with van der Waals surface area (Å²) in [7, 11) is -3.61. The normalized spacial score (nSPS) is 27.4. The summed E-state index contributed by atoms with van der Waals surface area (Å²) >= 11 is 0. The molecule has 0 bridgehead atoms. The van der Waals surface area contributed by atoms with Crippen molar-refractivity contribution in [3.05, 3.63) is 30.1 Å². The van der Waals surface area contributed by atoms with Crippen LogP contribution in [0.2, 0.25) is 0 Å². The van der Waals surface area contributed by atoms with Crippen LogP contribution < -0.4 is 0 Å². The topological polar surface area (TPSA) is 90.8 Å². The number of nitrogens with zero attached hydrogens (tertiary/aromatic N) is 3. The monoisotopic (exact) mass is 353 g/mol. The molecule has 2 fully saturated rings. The molecule has 0 amide bonds. The van der Waals surface area contributed by atoms with Crippen molar-refractivity contribution >= 4 is 16.2 Å². The van der Waals surface area contributed by atoms with Crippen LogP contribution in [-0.4, -0.2) is 59.3 Å². The first-order valence-corrected chi connectivity index (χ1v) is 9.67. The number of hydrogen-bond acceptors (Lipinski definition) is 4. The minimum atomic E-state index is -3.61. The zero-order valence-electron chi connectivity index (χ0n) is 13.7. The van der Waals surface area contributed by atoms with E-state index in [1.54, 1.807) is 18.5 Å². The van der Waals surface area contributed by atoms with Crippen molar-refractivity contribution in [1.29, 1.82) is 0 Å². The van der Waals surface area contributed by atoms with Crippen molar-refractivity contribution in [2.45, 2.75) is 25.7 Å². The van der Waals surface area contributed by atoms with Gasteiger partial charge in [-0.2, -0.15) is 17.0 Å². The molecule has 1 N–H and O–H groups in total. The van der Waals surface area contributed by atoms with Crippen LogP contribution >= 0.6 is 0 Å². The Bertz CT molecular complexity index is 687. The van der Waals surface area contributed by atoms with Gasteiger partial charge in [0.05, 0.1) is 5.92 Å². The number of carboxylic acid groups (broad SMARTS) is 1. The lowest BCUT2D eigenvalue weighted by Crippen LogP contribution is -2.46. The van der Waals surface area contributed by atoms with Gasteiger partial charge in [0.1, 0.15) is 0 Å². The first-order valence-electron chi connectivity index (χ1n) is 8.27. The highest BCUT2D eigenvalue weighted by Gasteiger charge is 2.45. The Morgan fingerprint density at radius 1 is 1.25 bits per heavy atom. The van der Waals surface area contributed by atoms with Gasteiger partial charge in [0.2, 0.25) is 0 Å². The maximum atomic E-state index is 12.9. The number of piperidine rings is 1. The fraction of sp³-hybridized carbons (Fsp3) is 0.625. The van der Waals surface area contributed by atoms with Gasteiger partial charge >= 0.3 is 5.97 Å². The minimum absolute atomic E-state index is 0.0171. The van der Waals surface area contributed by atoms with Gasteiger partial charge in [-0.3, -0.25) is 9.78 Å². The molecule has 1 aromatic heterocycles. The number of carboxylic acids is 1. The summed E-state index contributed by atoms with van der Waals surface area (Å²) in [4.78, 5) is 15.7. The van der Waals surface area contributed by atoms with Crippen LogP contribution in [0, 0.1) is 11.8 Å². The van der Waals surface area contributed by atoms with Crippen molar-refractivity contribution in [3.63, 3.8) is 0 Å². The van der Waals surface area contributed by atoms with E-state index in [0.29, 0.717) is 19.0 Å². The van der Waals surface area contributed by atoms with Crippen molar-refractivity contribution in [2.24, 2.45) is 11.8 Å². The number of pyridine rings is 1. The molecule has 8 heteroatoms. The van der Waals surface area contributed by atoms with Crippen molar-refractivity contribution in [2.75, 3.05) is 26.2 Å². The van der Waals surface area contributed by atoms with E-state index in [2.05, 4.69) is 11.9 Å². The summed E-state index contributed by atoms with van der Waals surface area (Å²) in [6, 6.07) is 3.56. The summed E-state index contributed by atoms with van der Waals surface area (Å²) in [5.41, 5.74) is 0.773. The van der Waals surface area contributed by atoms with Crippen LogP contribution in [0.5, 0.6) is 0 Å². The van der Waals surface area contributed by atoms with Crippen LogP contribution in [0.25, 0.3) is 0 Å². The van der Waals surface area contributed by atoms with Gasteiger partial charge in [-0.25, -0.2) is 0 Å². The van der Waals surface area contributed by atoms with E-state index in [1.165, 1.54) is 8.61 Å². The van der Waals surface area contributed by atoms with E-state index >= 15 is 0 Å². The lowest BCUT2D eigenvalue weighted by molar-refractivity contribution is -0.141. The Kier molecular flexibility index (Phi) is 4.89. The first-order chi connectivity index (χ1) is 11.4. The molecule has 0 saturated carbocycles. The molecule has 1 aromatic rings. The lowest BCUT2D eigenvalue weighted by atomic mass is 9.90. The molecule has 132 valence electrons. The number of carbonyl (C=O) groups is 1. The van der Waals surface area contributed by atoms with Crippen LogP contribution in [-0.2, 0) is 15.0 Å². The highest BCUT2D eigenvalue weighted by Crippen LogP contribution is 2.35. The fourth-order valence-electron chi connectivity index (χ4n) is 3.52. The van der Waals surface area contributed by atoms with Gasteiger partial charge in [-0.1, -0.05) is 13.0 Å². The van der Waals surface area contributed by atoms with E-state index in [9.17, 15) is 18.3 Å². The average Bonchev–Trinajstić information content (AvgIpc) is 3.02. The van der Waals surface area contributed by atoms with Crippen LogP contribution in [0.1, 0.15) is 31.2 Å². The second kappa shape index (κ2) is 6.78. The minimum Gasteiger partial charge on any atom is -0.481 e. The number of aromatic nitrogens is 1. The zero-order chi connectivity index (χ0) is 17.3. The van der Waals surface area contributed by atoms with Gasteiger partial charge in [-0.15, -0.1) is 0 Å². The lowest BCUT2D eigenvalue weighted by Gasteiger charge is -2.32. The Morgan fingerprint density at radius 2 is 1.96 bits per heavy atom. The maximum Gasteiger partial charge on any atom is 0.308 e. The molecule has 0 aromatic carbocycles. The summed E-state index contributed by atoms with van der Waals surface area (Å²) in [6.07, 6.45) is 4.94. The first kappa shape index (κ1) is 17.3. The van der Waals surface area contributed by atoms with Gasteiger partial charge in [0.25, 0.3) is 10.2 Å². The fourth-order valence-corrected chi connectivity index (χ4v) is 5.22. The summed E-state index contributed by atoms with van der Waals surface area (Å²) in [5, 5.41) is 9.52. The molecule has 0 radical (unpaired) electrons. The molecule has 2 atom stereocenters. The molecule has 2 saturated heterocycles. The van der Waals surface area contributed by atoms with Gasteiger partial charge in [0.15, 0.2) is 0 Å². The van der Waals surface area contributed by atoms with Gasteiger partial charge < -0.3 is 5.11 Å². The molecule has 3 rings (SSSR count). The van der Waals surface area contributed by atoms with Crippen LogP contribution in [0.3, 0.4) is 0 Å². The predicted molar refractivity (Wildman–Crippen MR) is 88.6 cm³/mol. The molecule has 2 aliphatic heterocycles. The molecule has 0 spiro atoms. The van der Waals surface area contributed by atoms with Crippen molar-refractivity contribution < 1.29 is 18.3 Å². The van der Waals surface area contributed by atoms with Crippen molar-refractivity contribution in [3.8, 4) is 0 Å². The molecule has 3 heterocycles. The van der Waals surface area contributed by atoms with E-state index < -0.39 is 22.1 Å². The largest absolute Gasteiger partial charge is 0.481 e. The maximum absolute atomic E-state index is 12.9. The van der Waals surface area contributed by atoms with Crippen LogP contribution in [0.4, 0.5) is 0 Å². The molecular weight excluding hydrogens is 330 g/mol. The van der Waals surface area contributed by atoms with E-state index in [0.717, 1.165) is 18.4 Å². The SMILES string of the molecule is CC1CCN(S(=O)(=O)N2C[C@@H](C(=O)O)[C@H](c3cccnc3)C2)CC1. The second-order valence-electron chi connectivity index (χ2n) is 6.74. The Morgan fingerprint density at radius 3 is 2.54 bits per heavy atom. The van der Waals surface area contributed by atoms with Crippen molar-refractivity contribution in [1.82, 2.24) is 13.6 Å². The third-order valence-corrected chi connectivity index (χ3v) is 7.08. The third kappa shape index (κ3) is 3.31. The number of aliphatic carboxylic acids is 1. The molecule has 7 nitrogen and oxygen atoms in total. The highest BCUT2D eigenvalue weighted by molar-refractivity contribution is 7.86. The predicted octanol–water partition coefficient (Wildman–Crippen LogP) is 1.16. The van der Waals surface area contributed by atoms with Crippen LogP contribution in [0.15, 0.2) is 24.5 Å². The Hall–Kier alpha value is -1.51. The second-order valence-corrected chi connectivity index (χ2v) is 8.67. The molecule has 2 aliphatic rings. The summed E-state index contributed by atoms with van der Waals surface area (Å²) < 4.78 is 28.6. The zero-order valence-corrected chi connectivity index (χ0v) is 14.5. The standard InChI is InChI=1S/C16H23N3O4S/c1-12-4-7-18(8-5-12)24(22,23)19-10-14(15(11-19)16(20)21)13-3-2-6-17-9-13/h2-3,6,9,12,14-15H,4-5,7-8,10-11H2,1H3,(H,20,21)/t14-,15+/m0/s1. The molecular formula is C16H23N3O4S.